The van der Waals surface area contributed by atoms with Crippen LogP contribution in [0.3, 0.4) is 0 Å². The van der Waals surface area contributed by atoms with Gasteiger partial charge in [0.2, 0.25) is 15.9 Å². The molecule has 1 amide bonds. The Morgan fingerprint density at radius 2 is 1.67 bits per heavy atom. The molecular weight excluding hydrogens is 384 g/mol. The number of halogens is 1. The van der Waals surface area contributed by atoms with Gasteiger partial charge in [-0.05, 0) is 54.3 Å². The van der Waals surface area contributed by atoms with Crippen LogP contribution in [0.5, 0.6) is 0 Å². The van der Waals surface area contributed by atoms with E-state index >= 15 is 0 Å². The van der Waals surface area contributed by atoms with Gasteiger partial charge in [-0.2, -0.15) is 0 Å². The largest absolute Gasteiger partial charge is 0.326 e. The van der Waals surface area contributed by atoms with E-state index in [1.807, 2.05) is 24.3 Å². The molecule has 27 heavy (non-hydrogen) atoms. The highest BCUT2D eigenvalue weighted by atomic mass is 35.5. The van der Waals surface area contributed by atoms with Gasteiger partial charge in [0.05, 0.1) is 11.9 Å². The number of nitrogens with zero attached hydrogens (tertiary/aromatic N) is 1. The van der Waals surface area contributed by atoms with Crippen LogP contribution in [0.1, 0.15) is 38.2 Å². The molecule has 0 aromatic heterocycles. The molecule has 2 rings (SSSR count). The molecule has 0 fully saturated rings. The molecule has 7 heteroatoms. The van der Waals surface area contributed by atoms with Crippen LogP contribution in [0.2, 0.25) is 5.02 Å². The molecule has 0 unspecified atom stereocenters. The van der Waals surface area contributed by atoms with Crippen molar-refractivity contribution in [1.29, 1.82) is 0 Å². The predicted molar refractivity (Wildman–Crippen MR) is 112 cm³/mol. The van der Waals surface area contributed by atoms with E-state index in [4.69, 9.17) is 11.6 Å². The molecular formula is C20H25ClN2O3S. The number of amides is 1. The molecule has 0 spiro atoms. The van der Waals surface area contributed by atoms with Gasteiger partial charge in [0, 0.05) is 23.7 Å². The summed E-state index contributed by atoms with van der Waals surface area (Å²) in [5.41, 5.74) is 2.48. The number of benzene rings is 2. The van der Waals surface area contributed by atoms with E-state index in [2.05, 4.69) is 19.2 Å². The fourth-order valence-corrected chi connectivity index (χ4v) is 3.74. The number of hydrogen-bond donors (Lipinski definition) is 1. The Morgan fingerprint density at radius 3 is 2.19 bits per heavy atom. The standard InChI is InChI=1S/C20H25ClN2O3S/c1-15(2)16-6-10-18(11-7-16)22-20(24)5-4-14-23(27(3,25)26)19-12-8-17(21)9-13-19/h6-13,15H,4-5,14H2,1-3H3,(H,22,24). The fourth-order valence-electron chi connectivity index (χ4n) is 2.65. The Morgan fingerprint density at radius 1 is 1.07 bits per heavy atom. The smallest absolute Gasteiger partial charge is 0.232 e. The Kier molecular flexibility index (Phi) is 7.27. The van der Waals surface area contributed by atoms with Crippen molar-refractivity contribution >= 4 is 38.9 Å². The molecule has 5 nitrogen and oxygen atoms in total. The van der Waals surface area contributed by atoms with E-state index < -0.39 is 10.0 Å². The van der Waals surface area contributed by atoms with Crippen LogP contribution in [0.25, 0.3) is 0 Å². The molecule has 146 valence electrons. The number of rotatable bonds is 8. The lowest BCUT2D eigenvalue weighted by atomic mass is 10.0. The molecule has 0 saturated heterocycles. The molecule has 0 aliphatic heterocycles. The van der Waals surface area contributed by atoms with Crippen molar-refractivity contribution in [2.24, 2.45) is 0 Å². The van der Waals surface area contributed by atoms with Crippen molar-refractivity contribution in [1.82, 2.24) is 0 Å². The first-order valence-electron chi connectivity index (χ1n) is 8.80. The lowest BCUT2D eigenvalue weighted by molar-refractivity contribution is -0.116. The first-order chi connectivity index (χ1) is 12.7. The Labute approximate surface area is 166 Å². The predicted octanol–water partition coefficient (Wildman–Crippen LogP) is 4.65. The summed E-state index contributed by atoms with van der Waals surface area (Å²) in [6.45, 7) is 4.45. The van der Waals surface area contributed by atoms with Crippen molar-refractivity contribution in [3.8, 4) is 0 Å². The molecule has 0 bridgehead atoms. The third kappa shape index (κ3) is 6.56. The SMILES string of the molecule is CC(C)c1ccc(NC(=O)CCCN(c2ccc(Cl)cc2)S(C)(=O)=O)cc1. The molecule has 0 aliphatic rings. The van der Waals surface area contributed by atoms with Gasteiger partial charge in [0.1, 0.15) is 0 Å². The average Bonchev–Trinajstić information content (AvgIpc) is 2.59. The van der Waals surface area contributed by atoms with E-state index in [-0.39, 0.29) is 18.9 Å². The van der Waals surface area contributed by atoms with Gasteiger partial charge in [-0.15, -0.1) is 0 Å². The second kappa shape index (κ2) is 9.24. The molecule has 0 heterocycles. The Bertz CT molecular complexity index is 863. The summed E-state index contributed by atoms with van der Waals surface area (Å²) in [5.74, 6) is 0.293. The average molecular weight is 409 g/mol. The van der Waals surface area contributed by atoms with Crippen LogP contribution in [-0.4, -0.2) is 27.1 Å². The summed E-state index contributed by atoms with van der Waals surface area (Å²) in [5, 5.41) is 3.38. The van der Waals surface area contributed by atoms with Crippen LogP contribution in [0, 0.1) is 0 Å². The first-order valence-corrected chi connectivity index (χ1v) is 11.0. The van der Waals surface area contributed by atoms with Crippen LogP contribution in [0.15, 0.2) is 48.5 Å². The highest BCUT2D eigenvalue weighted by molar-refractivity contribution is 7.92. The number of sulfonamides is 1. The minimum absolute atomic E-state index is 0.142. The van der Waals surface area contributed by atoms with E-state index in [1.165, 1.54) is 9.87 Å². The second-order valence-corrected chi connectivity index (χ2v) is 9.08. The Balaban J connectivity index is 1.92. The molecule has 1 N–H and O–H groups in total. The van der Waals surface area contributed by atoms with Crippen LogP contribution in [0.4, 0.5) is 11.4 Å². The fraction of sp³-hybridized carbons (Fsp3) is 0.350. The highest BCUT2D eigenvalue weighted by Crippen LogP contribution is 2.21. The number of hydrogen-bond acceptors (Lipinski definition) is 3. The summed E-state index contributed by atoms with van der Waals surface area (Å²) >= 11 is 5.86. The van der Waals surface area contributed by atoms with Crippen molar-refractivity contribution in [3.05, 3.63) is 59.1 Å². The second-order valence-electron chi connectivity index (χ2n) is 6.74. The summed E-state index contributed by atoms with van der Waals surface area (Å²) in [6.07, 6.45) is 1.79. The molecule has 2 aromatic rings. The van der Waals surface area contributed by atoms with Gasteiger partial charge in [-0.25, -0.2) is 8.42 Å². The van der Waals surface area contributed by atoms with Crippen molar-refractivity contribution in [2.75, 3.05) is 22.4 Å². The monoisotopic (exact) mass is 408 g/mol. The van der Waals surface area contributed by atoms with Gasteiger partial charge in [-0.1, -0.05) is 37.6 Å². The number of carbonyl (C=O) groups excluding carboxylic acids is 1. The van der Waals surface area contributed by atoms with E-state index in [0.717, 1.165) is 11.9 Å². The van der Waals surface area contributed by atoms with E-state index in [0.29, 0.717) is 23.0 Å². The van der Waals surface area contributed by atoms with Gasteiger partial charge >= 0.3 is 0 Å². The minimum atomic E-state index is -3.44. The lowest BCUT2D eigenvalue weighted by Crippen LogP contribution is -2.31. The van der Waals surface area contributed by atoms with Gasteiger partial charge in [0.15, 0.2) is 0 Å². The number of nitrogens with one attached hydrogen (secondary N) is 1. The molecule has 0 aliphatic carbocycles. The summed E-state index contributed by atoms with van der Waals surface area (Å²) in [6, 6.07) is 14.3. The van der Waals surface area contributed by atoms with Crippen molar-refractivity contribution < 1.29 is 13.2 Å². The van der Waals surface area contributed by atoms with Crippen LogP contribution in [-0.2, 0) is 14.8 Å². The summed E-state index contributed by atoms with van der Waals surface area (Å²) in [7, 11) is -3.44. The zero-order valence-electron chi connectivity index (χ0n) is 15.8. The maximum Gasteiger partial charge on any atom is 0.232 e. The molecule has 0 atom stereocenters. The number of anilines is 2. The zero-order chi connectivity index (χ0) is 20.0. The van der Waals surface area contributed by atoms with Crippen molar-refractivity contribution in [2.45, 2.75) is 32.6 Å². The van der Waals surface area contributed by atoms with Crippen LogP contribution >= 0.6 is 11.6 Å². The zero-order valence-corrected chi connectivity index (χ0v) is 17.3. The van der Waals surface area contributed by atoms with Crippen molar-refractivity contribution in [3.63, 3.8) is 0 Å². The maximum atomic E-state index is 12.1. The van der Waals surface area contributed by atoms with Gasteiger partial charge < -0.3 is 5.32 Å². The third-order valence-electron chi connectivity index (χ3n) is 4.14. The van der Waals surface area contributed by atoms with Gasteiger partial charge in [-0.3, -0.25) is 9.10 Å². The summed E-state index contributed by atoms with van der Waals surface area (Å²) < 4.78 is 25.4. The first kappa shape index (κ1) is 21.3. The van der Waals surface area contributed by atoms with E-state index in [1.54, 1.807) is 24.3 Å². The Hall–Kier alpha value is -2.05. The topological polar surface area (TPSA) is 66.5 Å². The lowest BCUT2D eigenvalue weighted by Gasteiger charge is -2.22. The quantitative estimate of drug-likeness (QED) is 0.691. The van der Waals surface area contributed by atoms with E-state index in [9.17, 15) is 13.2 Å². The normalized spacial score (nSPS) is 11.4. The maximum absolute atomic E-state index is 12.1. The minimum Gasteiger partial charge on any atom is -0.326 e. The highest BCUT2D eigenvalue weighted by Gasteiger charge is 2.17. The number of carbonyl (C=O) groups is 1. The van der Waals surface area contributed by atoms with Gasteiger partial charge in [0.25, 0.3) is 0 Å². The molecule has 0 radical (unpaired) electrons. The molecule has 0 saturated carbocycles. The van der Waals surface area contributed by atoms with Crippen LogP contribution < -0.4 is 9.62 Å². The molecule has 2 aromatic carbocycles. The third-order valence-corrected chi connectivity index (χ3v) is 5.59. The summed E-state index contributed by atoms with van der Waals surface area (Å²) in [4.78, 5) is 12.1.